The van der Waals surface area contributed by atoms with Gasteiger partial charge in [0.05, 0.1) is 12.8 Å². The van der Waals surface area contributed by atoms with Crippen molar-refractivity contribution in [1.29, 1.82) is 0 Å². The van der Waals surface area contributed by atoms with E-state index in [9.17, 15) is 9.59 Å². The minimum Gasteiger partial charge on any atom is -0.465 e. The van der Waals surface area contributed by atoms with Gasteiger partial charge >= 0.3 is 5.97 Å². The first-order valence-corrected chi connectivity index (χ1v) is 8.31. The molecule has 1 amide bonds. The molecule has 1 heterocycles. The van der Waals surface area contributed by atoms with E-state index < -0.39 is 5.97 Å². The maximum atomic E-state index is 12.3. The molecule has 7 heteroatoms. The summed E-state index contributed by atoms with van der Waals surface area (Å²) in [6, 6.07) is 7.57. The quantitative estimate of drug-likeness (QED) is 0.855. The second kappa shape index (κ2) is 6.29. The Bertz CT molecular complexity index is 774. The van der Waals surface area contributed by atoms with Crippen molar-refractivity contribution in [2.45, 2.75) is 19.3 Å². The van der Waals surface area contributed by atoms with Gasteiger partial charge in [-0.3, -0.25) is 4.79 Å². The lowest BCUT2D eigenvalue weighted by Crippen LogP contribution is -2.14. The van der Waals surface area contributed by atoms with Crippen molar-refractivity contribution in [1.82, 2.24) is 4.98 Å². The smallest absolute Gasteiger partial charge is 0.350 e. The van der Waals surface area contributed by atoms with E-state index in [2.05, 4.69) is 15.0 Å². The average Bonchev–Trinajstić information content (AvgIpc) is 3.24. The molecule has 1 aromatic heterocycles. The van der Waals surface area contributed by atoms with Crippen LogP contribution in [0.15, 0.2) is 24.3 Å². The standard InChI is InChI=1S/C16H15ClN2O3S/c1-8-13(15(21)22-2)23-16(18-8)19-14(20)11-7-10(11)9-5-3-4-6-12(9)17/h3-6,10-11H,7H2,1-2H3,(H,18,19,20)/t10-,11+/m1/s1. The van der Waals surface area contributed by atoms with Crippen LogP contribution in [-0.2, 0) is 9.53 Å². The van der Waals surface area contributed by atoms with E-state index in [1.807, 2.05) is 24.3 Å². The van der Waals surface area contributed by atoms with E-state index in [1.165, 1.54) is 7.11 Å². The van der Waals surface area contributed by atoms with Crippen LogP contribution in [0.4, 0.5) is 5.13 Å². The highest BCUT2D eigenvalue weighted by Crippen LogP contribution is 2.50. The van der Waals surface area contributed by atoms with Crippen LogP contribution in [0.3, 0.4) is 0 Å². The van der Waals surface area contributed by atoms with Gasteiger partial charge in [-0.05, 0) is 30.9 Å². The first kappa shape index (κ1) is 16.0. The SMILES string of the molecule is COC(=O)c1sc(NC(=O)[C@H]2C[C@@H]2c2ccccc2Cl)nc1C. The lowest BCUT2D eigenvalue weighted by atomic mass is 10.1. The third kappa shape index (κ3) is 3.23. The number of halogens is 1. The lowest BCUT2D eigenvalue weighted by Gasteiger charge is -2.03. The molecule has 2 atom stereocenters. The zero-order valence-corrected chi connectivity index (χ0v) is 14.2. The van der Waals surface area contributed by atoms with E-state index in [1.54, 1.807) is 6.92 Å². The highest BCUT2D eigenvalue weighted by molar-refractivity contribution is 7.17. The number of ether oxygens (including phenoxy) is 1. The molecule has 1 saturated carbocycles. The molecule has 0 saturated heterocycles. The molecular weight excluding hydrogens is 336 g/mol. The second-order valence-corrected chi connectivity index (χ2v) is 6.79. The molecule has 23 heavy (non-hydrogen) atoms. The van der Waals surface area contributed by atoms with Crippen molar-refractivity contribution in [2.75, 3.05) is 12.4 Å². The van der Waals surface area contributed by atoms with E-state index in [0.717, 1.165) is 23.3 Å². The second-order valence-electron chi connectivity index (χ2n) is 5.38. The van der Waals surface area contributed by atoms with E-state index in [0.29, 0.717) is 20.7 Å². The number of hydrogen-bond donors (Lipinski definition) is 1. The van der Waals surface area contributed by atoms with Crippen LogP contribution >= 0.6 is 22.9 Å². The van der Waals surface area contributed by atoms with Crippen LogP contribution < -0.4 is 5.32 Å². The molecular formula is C16H15ClN2O3S. The topological polar surface area (TPSA) is 68.3 Å². The number of rotatable bonds is 4. The Morgan fingerprint density at radius 2 is 2.13 bits per heavy atom. The zero-order valence-electron chi connectivity index (χ0n) is 12.6. The minimum atomic E-state index is -0.444. The molecule has 2 aromatic rings. The van der Waals surface area contributed by atoms with Gasteiger partial charge in [0.1, 0.15) is 4.88 Å². The summed E-state index contributed by atoms with van der Waals surface area (Å²) >= 11 is 7.29. The van der Waals surface area contributed by atoms with E-state index >= 15 is 0 Å². The van der Waals surface area contributed by atoms with Crippen molar-refractivity contribution in [3.8, 4) is 0 Å². The summed E-state index contributed by atoms with van der Waals surface area (Å²) in [6.07, 6.45) is 0.768. The monoisotopic (exact) mass is 350 g/mol. The van der Waals surface area contributed by atoms with Crippen LogP contribution in [0.1, 0.15) is 33.3 Å². The molecule has 0 unspecified atom stereocenters. The molecule has 120 valence electrons. The Balaban J connectivity index is 1.67. The highest BCUT2D eigenvalue weighted by atomic mass is 35.5. The molecule has 0 radical (unpaired) electrons. The summed E-state index contributed by atoms with van der Waals surface area (Å²) < 4.78 is 4.69. The lowest BCUT2D eigenvalue weighted by molar-refractivity contribution is -0.117. The first-order valence-electron chi connectivity index (χ1n) is 7.12. The molecule has 1 N–H and O–H groups in total. The summed E-state index contributed by atoms with van der Waals surface area (Å²) in [4.78, 5) is 28.5. The third-order valence-electron chi connectivity index (χ3n) is 3.83. The summed E-state index contributed by atoms with van der Waals surface area (Å²) in [6.45, 7) is 1.71. The largest absolute Gasteiger partial charge is 0.465 e. The summed E-state index contributed by atoms with van der Waals surface area (Å²) in [5.74, 6) is -0.508. The predicted molar refractivity (Wildman–Crippen MR) is 89.1 cm³/mol. The number of nitrogens with zero attached hydrogens (tertiary/aromatic N) is 1. The van der Waals surface area contributed by atoms with Gasteiger partial charge in [-0.25, -0.2) is 9.78 Å². The first-order chi connectivity index (χ1) is 11.0. The zero-order chi connectivity index (χ0) is 16.6. The number of nitrogens with one attached hydrogen (secondary N) is 1. The van der Waals surface area contributed by atoms with Crippen LogP contribution in [0.2, 0.25) is 5.02 Å². The molecule has 1 aromatic carbocycles. The highest BCUT2D eigenvalue weighted by Gasteiger charge is 2.45. The van der Waals surface area contributed by atoms with Gasteiger partial charge in [-0.2, -0.15) is 0 Å². The maximum Gasteiger partial charge on any atom is 0.350 e. The summed E-state index contributed by atoms with van der Waals surface area (Å²) in [5.41, 5.74) is 1.55. The Morgan fingerprint density at radius 1 is 1.39 bits per heavy atom. The number of carbonyl (C=O) groups is 2. The molecule has 1 aliphatic carbocycles. The van der Waals surface area contributed by atoms with E-state index in [-0.39, 0.29) is 17.7 Å². The molecule has 5 nitrogen and oxygen atoms in total. The minimum absolute atomic E-state index is 0.0971. The van der Waals surface area contributed by atoms with Gasteiger partial charge in [0, 0.05) is 10.9 Å². The Labute approximate surface area is 142 Å². The Hall–Kier alpha value is -1.92. The third-order valence-corrected chi connectivity index (χ3v) is 5.23. The number of anilines is 1. The fourth-order valence-corrected chi connectivity index (χ4v) is 3.70. The predicted octanol–water partition coefficient (Wildman–Crippen LogP) is 3.63. The fourth-order valence-electron chi connectivity index (χ4n) is 2.53. The molecule has 0 spiro atoms. The van der Waals surface area contributed by atoms with Crippen molar-refractivity contribution in [3.63, 3.8) is 0 Å². The Kier molecular flexibility index (Phi) is 4.37. The van der Waals surface area contributed by atoms with Crippen LogP contribution in [0.5, 0.6) is 0 Å². The number of aromatic nitrogens is 1. The average molecular weight is 351 g/mol. The van der Waals surface area contributed by atoms with Crippen molar-refractivity contribution in [3.05, 3.63) is 45.4 Å². The number of benzene rings is 1. The fraction of sp³-hybridized carbons (Fsp3) is 0.312. The number of aryl methyl sites for hydroxylation is 1. The van der Waals surface area contributed by atoms with Gasteiger partial charge in [-0.1, -0.05) is 41.1 Å². The molecule has 1 aliphatic rings. The summed E-state index contributed by atoms with van der Waals surface area (Å²) in [7, 11) is 1.32. The number of esters is 1. The van der Waals surface area contributed by atoms with Crippen molar-refractivity contribution in [2.24, 2.45) is 5.92 Å². The van der Waals surface area contributed by atoms with Gasteiger partial charge in [0.25, 0.3) is 0 Å². The van der Waals surface area contributed by atoms with Gasteiger partial charge in [-0.15, -0.1) is 0 Å². The maximum absolute atomic E-state index is 12.3. The molecule has 0 bridgehead atoms. The number of amides is 1. The summed E-state index contributed by atoms with van der Waals surface area (Å²) in [5, 5.41) is 3.88. The van der Waals surface area contributed by atoms with Crippen LogP contribution in [0, 0.1) is 12.8 Å². The van der Waals surface area contributed by atoms with E-state index in [4.69, 9.17) is 11.6 Å². The molecule has 3 rings (SSSR count). The van der Waals surface area contributed by atoms with Crippen molar-refractivity contribution < 1.29 is 14.3 Å². The number of hydrogen-bond acceptors (Lipinski definition) is 5. The molecule has 1 fully saturated rings. The van der Waals surface area contributed by atoms with Gasteiger partial charge in [0.15, 0.2) is 5.13 Å². The normalized spacial score (nSPS) is 19.3. The number of carbonyl (C=O) groups excluding carboxylic acids is 2. The van der Waals surface area contributed by atoms with Crippen LogP contribution in [-0.4, -0.2) is 24.0 Å². The number of methoxy groups -OCH3 is 1. The van der Waals surface area contributed by atoms with Crippen molar-refractivity contribution >= 4 is 39.9 Å². The van der Waals surface area contributed by atoms with Gasteiger partial charge in [0.2, 0.25) is 5.91 Å². The van der Waals surface area contributed by atoms with Crippen LogP contribution in [0.25, 0.3) is 0 Å². The van der Waals surface area contributed by atoms with Gasteiger partial charge < -0.3 is 10.1 Å². The number of thiazole rings is 1. The molecule has 0 aliphatic heterocycles. The Morgan fingerprint density at radius 3 is 2.83 bits per heavy atom.